The summed E-state index contributed by atoms with van der Waals surface area (Å²) in [5, 5.41) is 0. The molecule has 6 heteroatoms. The van der Waals surface area contributed by atoms with Gasteiger partial charge in [0, 0.05) is 19.3 Å². The Morgan fingerprint density at radius 2 is 0.600 bits per heavy atom. The summed E-state index contributed by atoms with van der Waals surface area (Å²) in [5.41, 5.74) is 0. The van der Waals surface area contributed by atoms with E-state index < -0.39 is 6.10 Å². The number of carbonyl (C=O) groups excluding carboxylic acids is 3. The zero-order valence-electron chi connectivity index (χ0n) is 39.7. The van der Waals surface area contributed by atoms with Gasteiger partial charge in [0.1, 0.15) is 13.2 Å². The van der Waals surface area contributed by atoms with Gasteiger partial charge in [0.05, 0.1) is 0 Å². The highest BCUT2D eigenvalue weighted by molar-refractivity contribution is 5.71. The molecule has 348 valence electrons. The molecule has 0 heterocycles. The standard InChI is InChI=1S/C54H96O6/c1-4-7-10-13-15-17-19-21-23-25-26-27-28-29-31-32-34-36-38-41-44-47-53(56)59-50-51(49-58-52(55)46-43-40-12-9-6-3)60-54(57)48-45-42-39-37-35-33-30-24-22-20-18-16-14-11-8-5-2/h18-21,24-26,30,51H,4-17,22-23,27-29,31-50H2,1-3H3/b20-18-,21-19-,26-25-,30-24-. The van der Waals surface area contributed by atoms with E-state index in [-0.39, 0.29) is 31.1 Å². The Morgan fingerprint density at radius 3 is 0.933 bits per heavy atom. The Balaban J connectivity index is 4.17. The first-order valence-electron chi connectivity index (χ1n) is 25.6. The number of rotatable bonds is 46. The van der Waals surface area contributed by atoms with Gasteiger partial charge < -0.3 is 14.2 Å². The summed E-state index contributed by atoms with van der Waals surface area (Å²) in [6.07, 6.45) is 58.4. The maximum Gasteiger partial charge on any atom is 0.306 e. The molecule has 6 nitrogen and oxygen atoms in total. The van der Waals surface area contributed by atoms with Gasteiger partial charge in [0.2, 0.25) is 0 Å². The van der Waals surface area contributed by atoms with E-state index in [2.05, 4.69) is 69.4 Å². The van der Waals surface area contributed by atoms with E-state index in [1.165, 1.54) is 122 Å². The molecule has 0 aromatic carbocycles. The van der Waals surface area contributed by atoms with E-state index in [0.717, 1.165) is 96.3 Å². The van der Waals surface area contributed by atoms with E-state index in [0.29, 0.717) is 19.3 Å². The molecule has 0 radical (unpaired) electrons. The quantitative estimate of drug-likeness (QED) is 0.0263. The molecule has 0 spiro atoms. The van der Waals surface area contributed by atoms with Crippen molar-refractivity contribution < 1.29 is 28.6 Å². The molecule has 0 aromatic rings. The van der Waals surface area contributed by atoms with Crippen LogP contribution in [0.3, 0.4) is 0 Å². The second-order valence-electron chi connectivity index (χ2n) is 17.1. The molecule has 0 bridgehead atoms. The zero-order chi connectivity index (χ0) is 43.7. The van der Waals surface area contributed by atoms with E-state index in [4.69, 9.17) is 14.2 Å². The number of esters is 3. The molecule has 1 unspecified atom stereocenters. The monoisotopic (exact) mass is 841 g/mol. The summed E-state index contributed by atoms with van der Waals surface area (Å²) in [6.45, 7) is 6.52. The van der Waals surface area contributed by atoms with Crippen LogP contribution in [0.1, 0.15) is 258 Å². The third-order valence-corrected chi connectivity index (χ3v) is 11.1. The summed E-state index contributed by atoms with van der Waals surface area (Å²) >= 11 is 0. The van der Waals surface area contributed by atoms with Crippen LogP contribution >= 0.6 is 0 Å². The lowest BCUT2D eigenvalue weighted by molar-refractivity contribution is -0.167. The van der Waals surface area contributed by atoms with Crippen LogP contribution < -0.4 is 0 Å². The van der Waals surface area contributed by atoms with Gasteiger partial charge in [0.15, 0.2) is 6.10 Å². The summed E-state index contributed by atoms with van der Waals surface area (Å²) in [6, 6.07) is 0. The Morgan fingerprint density at radius 1 is 0.333 bits per heavy atom. The molecule has 0 saturated carbocycles. The first-order valence-corrected chi connectivity index (χ1v) is 25.6. The molecule has 0 N–H and O–H groups in total. The smallest absolute Gasteiger partial charge is 0.306 e. The van der Waals surface area contributed by atoms with Crippen molar-refractivity contribution in [1.82, 2.24) is 0 Å². The van der Waals surface area contributed by atoms with Crippen molar-refractivity contribution in [2.75, 3.05) is 13.2 Å². The number of hydrogen-bond donors (Lipinski definition) is 0. The van der Waals surface area contributed by atoms with E-state index in [9.17, 15) is 14.4 Å². The number of hydrogen-bond acceptors (Lipinski definition) is 6. The topological polar surface area (TPSA) is 78.9 Å². The van der Waals surface area contributed by atoms with Crippen molar-refractivity contribution in [2.24, 2.45) is 0 Å². The average molecular weight is 841 g/mol. The second kappa shape index (κ2) is 49.0. The Labute approximate surface area is 371 Å². The number of unbranched alkanes of at least 4 members (excludes halogenated alkanes) is 27. The SMILES string of the molecule is CCCCCC/C=C\C/C=C\CCCCCCCC(=O)OC(COC(=O)CCCCCCC)COC(=O)CCCCCCCCCCC/C=C\C/C=C\CCCCCCC. The fourth-order valence-corrected chi connectivity index (χ4v) is 7.15. The Bertz CT molecular complexity index is 1060. The lowest BCUT2D eigenvalue weighted by atomic mass is 10.1. The van der Waals surface area contributed by atoms with Crippen LogP contribution in [-0.4, -0.2) is 37.2 Å². The van der Waals surface area contributed by atoms with Gasteiger partial charge in [-0.25, -0.2) is 0 Å². The molecular formula is C54H96O6. The predicted molar refractivity (Wildman–Crippen MR) is 256 cm³/mol. The molecule has 0 aliphatic rings. The first-order chi connectivity index (χ1) is 29.5. The molecule has 1 atom stereocenters. The van der Waals surface area contributed by atoms with Gasteiger partial charge in [-0.05, 0) is 83.5 Å². The van der Waals surface area contributed by atoms with Crippen molar-refractivity contribution >= 4 is 17.9 Å². The molecule has 0 aliphatic heterocycles. The van der Waals surface area contributed by atoms with Gasteiger partial charge in [-0.15, -0.1) is 0 Å². The molecule has 60 heavy (non-hydrogen) atoms. The zero-order valence-corrected chi connectivity index (χ0v) is 39.7. The normalized spacial score (nSPS) is 12.4. The highest BCUT2D eigenvalue weighted by Gasteiger charge is 2.19. The molecule has 0 aromatic heterocycles. The third-order valence-electron chi connectivity index (χ3n) is 11.1. The van der Waals surface area contributed by atoms with Crippen LogP contribution in [0, 0.1) is 0 Å². The number of allylic oxidation sites excluding steroid dienone is 8. The highest BCUT2D eigenvalue weighted by atomic mass is 16.6. The van der Waals surface area contributed by atoms with Gasteiger partial charge in [-0.1, -0.05) is 204 Å². The Kier molecular flexibility index (Phi) is 46.9. The van der Waals surface area contributed by atoms with Crippen molar-refractivity contribution in [3.8, 4) is 0 Å². The summed E-state index contributed by atoms with van der Waals surface area (Å²) in [7, 11) is 0. The number of carbonyl (C=O) groups is 3. The highest BCUT2D eigenvalue weighted by Crippen LogP contribution is 2.14. The first kappa shape index (κ1) is 57.4. The van der Waals surface area contributed by atoms with Gasteiger partial charge in [-0.3, -0.25) is 14.4 Å². The lowest BCUT2D eigenvalue weighted by Crippen LogP contribution is -2.30. The Hall–Kier alpha value is -2.63. The van der Waals surface area contributed by atoms with Crippen molar-refractivity contribution in [3.05, 3.63) is 48.6 Å². The largest absolute Gasteiger partial charge is 0.462 e. The van der Waals surface area contributed by atoms with Gasteiger partial charge >= 0.3 is 17.9 Å². The maximum atomic E-state index is 12.7. The predicted octanol–water partition coefficient (Wildman–Crippen LogP) is 16.7. The minimum absolute atomic E-state index is 0.0806. The fourth-order valence-electron chi connectivity index (χ4n) is 7.15. The van der Waals surface area contributed by atoms with E-state index in [1.54, 1.807) is 0 Å². The molecule has 0 amide bonds. The van der Waals surface area contributed by atoms with Crippen LogP contribution in [0.15, 0.2) is 48.6 Å². The van der Waals surface area contributed by atoms with E-state index in [1.807, 2.05) is 0 Å². The second-order valence-corrected chi connectivity index (χ2v) is 17.1. The lowest BCUT2D eigenvalue weighted by Gasteiger charge is -2.18. The van der Waals surface area contributed by atoms with Crippen molar-refractivity contribution in [1.29, 1.82) is 0 Å². The average Bonchev–Trinajstić information content (AvgIpc) is 3.24. The van der Waals surface area contributed by atoms with Gasteiger partial charge in [-0.2, -0.15) is 0 Å². The molecular weight excluding hydrogens is 745 g/mol. The van der Waals surface area contributed by atoms with E-state index >= 15 is 0 Å². The summed E-state index contributed by atoms with van der Waals surface area (Å²) in [4.78, 5) is 37.6. The molecule has 0 rings (SSSR count). The van der Waals surface area contributed by atoms with Gasteiger partial charge in [0.25, 0.3) is 0 Å². The summed E-state index contributed by atoms with van der Waals surface area (Å²) < 4.78 is 16.7. The van der Waals surface area contributed by atoms with Crippen LogP contribution in [-0.2, 0) is 28.6 Å². The number of ether oxygens (including phenoxy) is 3. The van der Waals surface area contributed by atoms with Crippen molar-refractivity contribution in [3.63, 3.8) is 0 Å². The van der Waals surface area contributed by atoms with Crippen LogP contribution in [0.4, 0.5) is 0 Å². The minimum Gasteiger partial charge on any atom is -0.462 e. The van der Waals surface area contributed by atoms with Crippen LogP contribution in [0.5, 0.6) is 0 Å². The molecule has 0 fully saturated rings. The summed E-state index contributed by atoms with van der Waals surface area (Å²) in [5.74, 6) is -0.908. The molecule has 0 saturated heterocycles. The van der Waals surface area contributed by atoms with Crippen molar-refractivity contribution in [2.45, 2.75) is 264 Å². The van der Waals surface area contributed by atoms with Crippen LogP contribution in [0.2, 0.25) is 0 Å². The maximum absolute atomic E-state index is 12.7. The molecule has 0 aliphatic carbocycles. The van der Waals surface area contributed by atoms with Crippen LogP contribution in [0.25, 0.3) is 0 Å². The minimum atomic E-state index is -0.777. The fraction of sp³-hybridized carbons (Fsp3) is 0.796. The third kappa shape index (κ3) is 46.4.